The summed E-state index contributed by atoms with van der Waals surface area (Å²) < 4.78 is 43.2. The standard InChI is InChI=1S/C11H27NO6P2/c1-9(2)16-20(17-10(3)4,18-11(5)6)12-19(13,14-7)15-8/h9-11H,1-8H3. The van der Waals surface area contributed by atoms with Gasteiger partial charge in [-0.2, -0.15) is 0 Å². The number of nitrogens with zero attached hydrogens (tertiary/aromatic N) is 1. The summed E-state index contributed by atoms with van der Waals surface area (Å²) in [5.74, 6) is 0. The maximum atomic E-state index is 12.3. The third-order valence-corrected chi connectivity index (χ3v) is 6.45. The first-order valence-electron chi connectivity index (χ1n) is 6.48. The van der Waals surface area contributed by atoms with Crippen LogP contribution in [0.2, 0.25) is 0 Å². The molecular weight excluding hydrogens is 304 g/mol. The first kappa shape index (κ1) is 20.3. The van der Waals surface area contributed by atoms with Crippen molar-refractivity contribution in [3.8, 4) is 0 Å². The molecule has 0 aliphatic rings. The SMILES string of the molecule is COP(=O)(N=P(OC(C)C)(OC(C)C)OC(C)C)OC. The molecule has 122 valence electrons. The molecule has 0 rings (SSSR count). The Morgan fingerprint density at radius 3 is 1.25 bits per heavy atom. The van der Waals surface area contributed by atoms with Crippen LogP contribution in [0.1, 0.15) is 41.5 Å². The third-order valence-electron chi connectivity index (χ3n) is 1.71. The van der Waals surface area contributed by atoms with Gasteiger partial charge in [0.2, 0.25) is 0 Å². The van der Waals surface area contributed by atoms with Crippen molar-refractivity contribution in [2.24, 2.45) is 4.52 Å². The van der Waals surface area contributed by atoms with Gasteiger partial charge < -0.3 is 0 Å². The lowest BCUT2D eigenvalue weighted by Crippen LogP contribution is -2.13. The quantitative estimate of drug-likeness (QED) is 0.574. The van der Waals surface area contributed by atoms with Gasteiger partial charge in [0.1, 0.15) is 0 Å². The zero-order valence-corrected chi connectivity index (χ0v) is 15.3. The van der Waals surface area contributed by atoms with Gasteiger partial charge >= 0.3 is 15.5 Å². The monoisotopic (exact) mass is 331 g/mol. The zero-order chi connectivity index (χ0) is 16.0. The lowest BCUT2D eigenvalue weighted by molar-refractivity contribution is 0.0835. The van der Waals surface area contributed by atoms with Crippen molar-refractivity contribution in [1.82, 2.24) is 0 Å². The largest absolute Gasteiger partial charge is 0.457 e. The summed E-state index contributed by atoms with van der Waals surface area (Å²) in [4.78, 5) is 0. The summed E-state index contributed by atoms with van der Waals surface area (Å²) >= 11 is 0. The van der Waals surface area contributed by atoms with Crippen molar-refractivity contribution < 1.29 is 27.2 Å². The van der Waals surface area contributed by atoms with Crippen LogP contribution in [0.5, 0.6) is 0 Å². The van der Waals surface area contributed by atoms with Crippen LogP contribution in [0.25, 0.3) is 0 Å². The predicted octanol–water partition coefficient (Wildman–Crippen LogP) is 4.61. The summed E-state index contributed by atoms with van der Waals surface area (Å²) in [5, 5.41) is 0. The molecule has 0 radical (unpaired) electrons. The van der Waals surface area contributed by atoms with Crippen molar-refractivity contribution in [2.45, 2.75) is 59.9 Å². The smallest absolute Gasteiger partial charge is 0.300 e. The fourth-order valence-electron chi connectivity index (χ4n) is 1.22. The van der Waals surface area contributed by atoms with Crippen LogP contribution < -0.4 is 0 Å². The first-order chi connectivity index (χ1) is 9.08. The Balaban J connectivity index is 5.81. The molecule has 0 spiro atoms. The van der Waals surface area contributed by atoms with Gasteiger partial charge in [-0.3, -0.25) is 22.6 Å². The minimum atomic E-state index is -3.67. The second-order valence-corrected chi connectivity index (χ2v) is 8.81. The highest BCUT2D eigenvalue weighted by molar-refractivity contribution is 7.63. The molecule has 0 amide bonds. The van der Waals surface area contributed by atoms with Crippen molar-refractivity contribution in [3.05, 3.63) is 0 Å². The fourth-order valence-corrected chi connectivity index (χ4v) is 5.28. The van der Waals surface area contributed by atoms with Crippen molar-refractivity contribution in [2.75, 3.05) is 14.2 Å². The van der Waals surface area contributed by atoms with E-state index in [2.05, 4.69) is 4.52 Å². The van der Waals surface area contributed by atoms with E-state index in [-0.39, 0.29) is 18.3 Å². The molecule has 0 bridgehead atoms. The Hall–Kier alpha value is 0.260. The number of hydrogen-bond donors (Lipinski definition) is 0. The van der Waals surface area contributed by atoms with E-state index in [0.717, 1.165) is 0 Å². The van der Waals surface area contributed by atoms with E-state index in [1.165, 1.54) is 14.2 Å². The molecule has 0 aromatic rings. The third kappa shape index (κ3) is 7.32. The molecule has 0 aromatic carbocycles. The fraction of sp³-hybridized carbons (Fsp3) is 1.00. The summed E-state index contributed by atoms with van der Waals surface area (Å²) in [5.41, 5.74) is 0. The maximum absolute atomic E-state index is 12.3. The van der Waals surface area contributed by atoms with Gasteiger partial charge in [-0.1, -0.05) is 0 Å². The van der Waals surface area contributed by atoms with Crippen LogP contribution in [0, 0.1) is 0 Å². The van der Waals surface area contributed by atoms with Crippen molar-refractivity contribution in [1.29, 1.82) is 0 Å². The van der Waals surface area contributed by atoms with Gasteiger partial charge in [0.25, 0.3) is 0 Å². The van der Waals surface area contributed by atoms with E-state index in [0.29, 0.717) is 0 Å². The molecule has 9 heteroatoms. The molecule has 0 fully saturated rings. The summed E-state index contributed by atoms with van der Waals surface area (Å²) in [6, 6.07) is 0. The average molecular weight is 331 g/mol. The van der Waals surface area contributed by atoms with Gasteiger partial charge in [-0.15, -0.1) is 4.52 Å². The molecule has 0 heterocycles. The molecule has 0 atom stereocenters. The number of hydrogen-bond acceptors (Lipinski definition) is 6. The number of rotatable bonds is 9. The maximum Gasteiger partial charge on any atom is 0.457 e. The molecule has 0 unspecified atom stereocenters. The van der Waals surface area contributed by atoms with Crippen LogP contribution >= 0.6 is 15.5 Å². The molecule has 0 aromatic heterocycles. The van der Waals surface area contributed by atoms with Gasteiger partial charge in [0.15, 0.2) is 0 Å². The van der Waals surface area contributed by atoms with E-state index in [1.807, 2.05) is 41.5 Å². The molecule has 20 heavy (non-hydrogen) atoms. The molecule has 0 aliphatic carbocycles. The van der Waals surface area contributed by atoms with Crippen LogP contribution in [-0.4, -0.2) is 32.5 Å². The lowest BCUT2D eigenvalue weighted by Gasteiger charge is -2.29. The normalized spacial score (nSPS) is 13.6. The van der Waals surface area contributed by atoms with E-state index in [1.54, 1.807) is 0 Å². The Kier molecular flexibility index (Phi) is 8.75. The zero-order valence-electron chi connectivity index (χ0n) is 13.5. The minimum Gasteiger partial charge on any atom is -0.300 e. The Labute approximate surface area is 122 Å². The highest BCUT2D eigenvalue weighted by atomic mass is 31.2. The molecule has 7 nitrogen and oxygen atoms in total. The molecule has 0 aliphatic heterocycles. The summed E-state index contributed by atoms with van der Waals surface area (Å²) in [7, 11) is -4.37. The second kappa shape index (κ2) is 8.64. The van der Waals surface area contributed by atoms with Crippen LogP contribution in [-0.2, 0) is 27.2 Å². The second-order valence-electron chi connectivity index (χ2n) is 4.85. The molecule has 0 saturated carbocycles. The highest BCUT2D eigenvalue weighted by Gasteiger charge is 2.35. The van der Waals surface area contributed by atoms with Gasteiger partial charge in [0.05, 0.1) is 18.3 Å². The van der Waals surface area contributed by atoms with Crippen LogP contribution in [0.4, 0.5) is 0 Å². The van der Waals surface area contributed by atoms with Crippen molar-refractivity contribution in [3.63, 3.8) is 0 Å². The summed E-state index contributed by atoms with van der Waals surface area (Å²) in [6.45, 7) is 10.9. The van der Waals surface area contributed by atoms with Gasteiger partial charge in [-0.05, 0) is 41.5 Å². The predicted molar refractivity (Wildman–Crippen MR) is 79.6 cm³/mol. The average Bonchev–Trinajstić information content (AvgIpc) is 2.25. The molecule has 0 N–H and O–H groups in total. The van der Waals surface area contributed by atoms with Gasteiger partial charge in [-0.25, -0.2) is 4.57 Å². The van der Waals surface area contributed by atoms with Crippen molar-refractivity contribution >= 4 is 15.5 Å². The Morgan fingerprint density at radius 2 is 1.05 bits per heavy atom. The minimum absolute atomic E-state index is 0.216. The summed E-state index contributed by atoms with van der Waals surface area (Å²) in [6.07, 6.45) is -0.648. The van der Waals surface area contributed by atoms with E-state index >= 15 is 0 Å². The molecule has 0 saturated heterocycles. The first-order valence-corrected chi connectivity index (χ1v) is 9.47. The van der Waals surface area contributed by atoms with E-state index in [9.17, 15) is 4.57 Å². The van der Waals surface area contributed by atoms with Crippen LogP contribution in [0.15, 0.2) is 4.52 Å². The van der Waals surface area contributed by atoms with Gasteiger partial charge in [0, 0.05) is 14.2 Å². The van der Waals surface area contributed by atoms with E-state index in [4.69, 9.17) is 22.6 Å². The topological polar surface area (TPSA) is 75.6 Å². The Bertz CT molecular complexity index is 342. The Morgan fingerprint density at radius 1 is 0.750 bits per heavy atom. The van der Waals surface area contributed by atoms with Crippen LogP contribution in [0.3, 0.4) is 0 Å². The molecular formula is C11H27NO6P2. The highest BCUT2D eigenvalue weighted by Crippen LogP contribution is 2.65. The van der Waals surface area contributed by atoms with E-state index < -0.39 is 15.5 Å². The lowest BCUT2D eigenvalue weighted by atomic mass is 10.5.